The van der Waals surface area contributed by atoms with Gasteiger partial charge in [-0.05, 0) is 51.6 Å². The maximum Gasteiger partial charge on any atom is 0.325 e. The lowest BCUT2D eigenvalue weighted by Gasteiger charge is -2.42. The van der Waals surface area contributed by atoms with Crippen molar-refractivity contribution in [3.05, 3.63) is 0 Å². The van der Waals surface area contributed by atoms with Gasteiger partial charge in [0, 0.05) is 12.6 Å². The fourth-order valence-electron chi connectivity index (χ4n) is 4.23. The van der Waals surface area contributed by atoms with Crippen LogP contribution in [0.1, 0.15) is 32.6 Å². The van der Waals surface area contributed by atoms with Gasteiger partial charge in [0.2, 0.25) is 17.7 Å². The smallest absolute Gasteiger partial charge is 0.325 e. The van der Waals surface area contributed by atoms with Crippen LogP contribution in [0.5, 0.6) is 0 Å². The van der Waals surface area contributed by atoms with E-state index in [2.05, 4.69) is 10.6 Å². The summed E-state index contributed by atoms with van der Waals surface area (Å²) in [4.78, 5) is 53.8. The van der Waals surface area contributed by atoms with Gasteiger partial charge in [0.1, 0.15) is 30.9 Å². The molecule has 2 aliphatic heterocycles. The van der Waals surface area contributed by atoms with Gasteiger partial charge in [-0.25, -0.2) is 0 Å². The molecule has 5 N–H and O–H groups in total. The van der Waals surface area contributed by atoms with E-state index in [1.165, 1.54) is 4.90 Å². The molecule has 0 aromatic carbocycles. The number of piperazine rings is 1. The maximum absolute atomic E-state index is 13.3. The Morgan fingerprint density at radius 1 is 1.32 bits per heavy atom. The molecule has 2 heterocycles. The summed E-state index contributed by atoms with van der Waals surface area (Å²) >= 11 is 0. The molecule has 2 saturated heterocycles. The van der Waals surface area contributed by atoms with E-state index in [-0.39, 0.29) is 25.1 Å². The average Bonchev–Trinajstić information content (AvgIpc) is 3.57. The van der Waals surface area contributed by atoms with Crippen molar-refractivity contribution in [1.82, 2.24) is 20.4 Å². The first-order valence-corrected chi connectivity index (χ1v) is 10.9. The summed E-state index contributed by atoms with van der Waals surface area (Å²) in [5.74, 6) is -3.82. The molecule has 0 aromatic rings. The van der Waals surface area contributed by atoms with E-state index in [0.29, 0.717) is 6.54 Å². The SMILES string of the molecule is CCOC(=O)CN1C(=O)CN(C2CC2)C(=O)[C@@H]1[C@@H](C(=N)N)C(=O)NCC1CCCNC1. The van der Waals surface area contributed by atoms with Crippen molar-refractivity contribution < 1.29 is 23.9 Å². The van der Waals surface area contributed by atoms with Crippen molar-refractivity contribution in [3.8, 4) is 0 Å². The van der Waals surface area contributed by atoms with Gasteiger partial charge in [0.25, 0.3) is 0 Å². The molecule has 0 spiro atoms. The van der Waals surface area contributed by atoms with Gasteiger partial charge in [-0.3, -0.25) is 24.6 Å². The number of nitrogens with zero attached hydrogens (tertiary/aromatic N) is 2. The quantitative estimate of drug-likeness (QED) is 0.193. The minimum absolute atomic E-state index is 0.0484. The fraction of sp³-hybridized carbons (Fsp3) is 0.750. The summed E-state index contributed by atoms with van der Waals surface area (Å²) in [6.07, 6.45) is 3.55. The van der Waals surface area contributed by atoms with Crippen molar-refractivity contribution >= 4 is 29.5 Å². The number of esters is 1. The van der Waals surface area contributed by atoms with Crippen molar-refractivity contribution in [3.63, 3.8) is 0 Å². The summed E-state index contributed by atoms with van der Waals surface area (Å²) in [5, 5.41) is 14.1. The monoisotopic (exact) mass is 436 g/mol. The lowest BCUT2D eigenvalue weighted by Crippen LogP contribution is -2.67. The Morgan fingerprint density at radius 2 is 2.06 bits per heavy atom. The number of amides is 3. The van der Waals surface area contributed by atoms with Gasteiger partial charge in [-0.15, -0.1) is 0 Å². The zero-order valence-electron chi connectivity index (χ0n) is 17.9. The van der Waals surface area contributed by atoms with Crippen LogP contribution in [-0.4, -0.2) is 90.7 Å². The van der Waals surface area contributed by atoms with E-state index >= 15 is 0 Å². The molecule has 3 atom stereocenters. The van der Waals surface area contributed by atoms with Crippen LogP contribution in [0.2, 0.25) is 0 Å². The van der Waals surface area contributed by atoms with E-state index in [1.807, 2.05) is 0 Å². The van der Waals surface area contributed by atoms with Crippen LogP contribution in [0.15, 0.2) is 0 Å². The molecule has 3 rings (SSSR count). The second kappa shape index (κ2) is 10.1. The molecule has 3 aliphatic rings. The highest BCUT2D eigenvalue weighted by Crippen LogP contribution is 2.32. The molecule has 11 nitrogen and oxygen atoms in total. The Bertz CT molecular complexity index is 734. The van der Waals surface area contributed by atoms with Gasteiger partial charge >= 0.3 is 5.97 Å². The van der Waals surface area contributed by atoms with Crippen LogP contribution in [0.25, 0.3) is 0 Å². The van der Waals surface area contributed by atoms with Crippen molar-refractivity contribution in [2.24, 2.45) is 17.6 Å². The van der Waals surface area contributed by atoms with Gasteiger partial charge in [0.05, 0.1) is 6.61 Å². The van der Waals surface area contributed by atoms with Crippen molar-refractivity contribution in [2.45, 2.75) is 44.7 Å². The molecule has 172 valence electrons. The fourth-order valence-corrected chi connectivity index (χ4v) is 4.23. The normalized spacial score (nSPS) is 25.2. The Morgan fingerprint density at radius 3 is 2.65 bits per heavy atom. The highest BCUT2D eigenvalue weighted by Gasteiger charge is 2.51. The minimum atomic E-state index is -1.37. The van der Waals surface area contributed by atoms with Gasteiger partial charge in [-0.2, -0.15) is 0 Å². The number of nitrogens with two attached hydrogens (primary N) is 1. The molecular formula is C20H32N6O5. The number of ether oxygens (including phenoxy) is 1. The summed E-state index contributed by atoms with van der Waals surface area (Å²) in [5.41, 5.74) is 5.76. The molecule has 3 fully saturated rings. The minimum Gasteiger partial charge on any atom is -0.465 e. The molecule has 0 bridgehead atoms. The third-order valence-electron chi connectivity index (χ3n) is 5.99. The van der Waals surface area contributed by atoms with Crippen molar-refractivity contribution in [1.29, 1.82) is 5.41 Å². The maximum atomic E-state index is 13.3. The Labute approximate surface area is 181 Å². The van der Waals surface area contributed by atoms with Crippen LogP contribution < -0.4 is 16.4 Å². The Kier molecular flexibility index (Phi) is 7.47. The number of hydrogen-bond acceptors (Lipinski definition) is 7. The highest BCUT2D eigenvalue weighted by molar-refractivity contribution is 6.09. The third-order valence-corrected chi connectivity index (χ3v) is 5.99. The van der Waals surface area contributed by atoms with Gasteiger partial charge < -0.3 is 30.9 Å². The van der Waals surface area contributed by atoms with Crippen LogP contribution >= 0.6 is 0 Å². The largest absolute Gasteiger partial charge is 0.465 e. The average molecular weight is 437 g/mol. The summed E-state index contributed by atoms with van der Waals surface area (Å²) in [7, 11) is 0. The number of carbonyl (C=O) groups excluding carboxylic acids is 4. The number of piperidine rings is 1. The molecule has 1 aliphatic carbocycles. The van der Waals surface area contributed by atoms with E-state index in [0.717, 1.165) is 43.7 Å². The number of carbonyl (C=O) groups is 4. The topological polar surface area (TPSA) is 158 Å². The van der Waals surface area contributed by atoms with Crippen LogP contribution in [0.3, 0.4) is 0 Å². The molecule has 1 saturated carbocycles. The number of nitrogens with one attached hydrogen (secondary N) is 3. The summed E-state index contributed by atoms with van der Waals surface area (Å²) in [6, 6.07) is -1.39. The standard InChI is InChI=1S/C20H32N6O5/c1-2-31-15(28)11-26-14(27)10-25(13-5-6-13)20(30)17(26)16(18(21)22)19(29)24-9-12-4-3-7-23-8-12/h12-13,16-17,23H,2-11H2,1H3,(H3,21,22)(H,24,29)/t12?,16-,17-/m0/s1. The number of amidine groups is 1. The predicted molar refractivity (Wildman–Crippen MR) is 111 cm³/mol. The first-order chi connectivity index (χ1) is 14.8. The molecule has 0 aromatic heterocycles. The van der Waals surface area contributed by atoms with Gasteiger partial charge in [-0.1, -0.05) is 0 Å². The second-order valence-corrected chi connectivity index (χ2v) is 8.36. The summed E-state index contributed by atoms with van der Waals surface area (Å²) < 4.78 is 4.94. The number of hydrogen-bond donors (Lipinski definition) is 4. The van der Waals surface area contributed by atoms with E-state index in [1.54, 1.807) is 6.92 Å². The first kappa shape index (κ1) is 23.0. The summed E-state index contributed by atoms with van der Waals surface area (Å²) in [6.45, 7) is 3.24. The second-order valence-electron chi connectivity index (χ2n) is 8.36. The lowest BCUT2D eigenvalue weighted by atomic mass is 9.91. The number of rotatable bonds is 9. The Hall–Kier alpha value is -2.69. The van der Waals surface area contributed by atoms with Gasteiger partial charge in [0.15, 0.2) is 0 Å². The zero-order chi connectivity index (χ0) is 22.5. The molecule has 1 unspecified atom stereocenters. The van der Waals surface area contributed by atoms with Crippen LogP contribution in [0, 0.1) is 17.2 Å². The van der Waals surface area contributed by atoms with E-state index in [4.69, 9.17) is 15.9 Å². The third kappa shape index (κ3) is 5.52. The van der Waals surface area contributed by atoms with Crippen LogP contribution in [-0.2, 0) is 23.9 Å². The molecule has 11 heteroatoms. The van der Waals surface area contributed by atoms with Crippen molar-refractivity contribution in [2.75, 3.05) is 39.3 Å². The van der Waals surface area contributed by atoms with E-state index in [9.17, 15) is 19.2 Å². The molecular weight excluding hydrogens is 404 g/mol. The lowest BCUT2D eigenvalue weighted by molar-refractivity contribution is -0.164. The zero-order valence-corrected chi connectivity index (χ0v) is 17.9. The molecule has 0 radical (unpaired) electrons. The van der Waals surface area contributed by atoms with E-state index < -0.39 is 48.0 Å². The Balaban J connectivity index is 1.81. The molecule has 31 heavy (non-hydrogen) atoms. The van der Waals surface area contributed by atoms with Crippen LogP contribution in [0.4, 0.5) is 0 Å². The first-order valence-electron chi connectivity index (χ1n) is 10.9. The molecule has 3 amide bonds. The predicted octanol–water partition coefficient (Wildman–Crippen LogP) is -1.58. The highest BCUT2D eigenvalue weighted by atomic mass is 16.5.